The number of rotatable bonds is 4. The van der Waals surface area contributed by atoms with Crippen molar-refractivity contribution in [2.45, 2.75) is 44.7 Å². The molecule has 1 N–H and O–H groups in total. The number of fused-ring (bicyclic) bond motifs is 1. The Hall–Kier alpha value is -2.24. The molecule has 1 atom stereocenters. The fourth-order valence-electron chi connectivity index (χ4n) is 2.65. The van der Waals surface area contributed by atoms with Gasteiger partial charge < -0.3 is 9.88 Å². The minimum Gasteiger partial charge on any atom is -0.353 e. The van der Waals surface area contributed by atoms with Crippen molar-refractivity contribution in [1.82, 2.24) is 25.1 Å². The minimum absolute atomic E-state index is 0.113. The lowest BCUT2D eigenvalue weighted by Gasteiger charge is -2.15. The topological polar surface area (TPSA) is 72.7 Å². The molecule has 0 aromatic carbocycles. The summed E-state index contributed by atoms with van der Waals surface area (Å²) in [4.78, 5) is 16.1. The Morgan fingerprint density at radius 1 is 1.43 bits per heavy atom. The standard InChI is InChI=1S/C15H19N5O/c21-15(6-3-12-2-1-8-16-10-12)18-13-4-5-14-19-17-11-20(14)9-7-13/h1-2,8,10-11,13H,3-7,9H2,(H,18,21). The van der Waals surface area contributed by atoms with Crippen LogP contribution in [0.1, 0.15) is 30.7 Å². The monoisotopic (exact) mass is 285 g/mol. The van der Waals surface area contributed by atoms with Crippen molar-refractivity contribution in [2.75, 3.05) is 0 Å². The van der Waals surface area contributed by atoms with Crippen molar-refractivity contribution in [2.24, 2.45) is 0 Å². The normalized spacial score (nSPS) is 17.8. The van der Waals surface area contributed by atoms with Crippen molar-refractivity contribution in [1.29, 1.82) is 0 Å². The molecule has 2 aromatic heterocycles. The average molecular weight is 285 g/mol. The highest BCUT2D eigenvalue weighted by atomic mass is 16.1. The van der Waals surface area contributed by atoms with E-state index in [-0.39, 0.29) is 11.9 Å². The van der Waals surface area contributed by atoms with Crippen LogP contribution in [0.15, 0.2) is 30.9 Å². The van der Waals surface area contributed by atoms with E-state index in [1.807, 2.05) is 18.3 Å². The molecule has 6 heteroatoms. The van der Waals surface area contributed by atoms with Crippen molar-refractivity contribution >= 4 is 5.91 Å². The van der Waals surface area contributed by atoms with E-state index in [2.05, 4.69) is 25.1 Å². The summed E-state index contributed by atoms with van der Waals surface area (Å²) in [5.74, 6) is 1.13. The molecule has 3 rings (SSSR count). The van der Waals surface area contributed by atoms with Gasteiger partial charge in [-0.2, -0.15) is 0 Å². The highest BCUT2D eigenvalue weighted by Gasteiger charge is 2.18. The van der Waals surface area contributed by atoms with Gasteiger partial charge in [-0.25, -0.2) is 0 Å². The van der Waals surface area contributed by atoms with Gasteiger partial charge in [0.2, 0.25) is 5.91 Å². The van der Waals surface area contributed by atoms with Gasteiger partial charge in [0.15, 0.2) is 0 Å². The highest BCUT2D eigenvalue weighted by Crippen LogP contribution is 2.13. The second-order valence-electron chi connectivity index (χ2n) is 5.39. The van der Waals surface area contributed by atoms with E-state index >= 15 is 0 Å². The number of hydrogen-bond acceptors (Lipinski definition) is 4. The van der Waals surface area contributed by atoms with Gasteiger partial charge in [0.25, 0.3) is 0 Å². The molecule has 0 bridgehead atoms. The zero-order valence-electron chi connectivity index (χ0n) is 11.9. The van der Waals surface area contributed by atoms with E-state index in [0.29, 0.717) is 6.42 Å². The number of carbonyl (C=O) groups is 1. The summed E-state index contributed by atoms with van der Waals surface area (Å²) in [7, 11) is 0. The molecule has 110 valence electrons. The van der Waals surface area contributed by atoms with E-state index in [4.69, 9.17) is 0 Å². The molecule has 0 aliphatic carbocycles. The quantitative estimate of drug-likeness (QED) is 0.914. The third-order valence-corrected chi connectivity index (χ3v) is 3.86. The maximum Gasteiger partial charge on any atom is 0.220 e. The highest BCUT2D eigenvalue weighted by molar-refractivity contribution is 5.76. The molecule has 0 radical (unpaired) electrons. The molecule has 1 unspecified atom stereocenters. The molecule has 1 aliphatic rings. The van der Waals surface area contributed by atoms with Crippen LogP contribution in [0.25, 0.3) is 0 Å². The van der Waals surface area contributed by atoms with Gasteiger partial charge in [0.1, 0.15) is 12.2 Å². The van der Waals surface area contributed by atoms with Crippen molar-refractivity contribution < 1.29 is 4.79 Å². The van der Waals surface area contributed by atoms with Crippen LogP contribution in [0.4, 0.5) is 0 Å². The number of amides is 1. The van der Waals surface area contributed by atoms with Crippen molar-refractivity contribution in [3.63, 3.8) is 0 Å². The molecular formula is C15H19N5O. The van der Waals surface area contributed by atoms with E-state index in [1.54, 1.807) is 12.5 Å². The predicted octanol–water partition coefficient (Wildman–Crippen LogP) is 1.13. The van der Waals surface area contributed by atoms with E-state index in [9.17, 15) is 4.79 Å². The molecule has 0 fully saturated rings. The van der Waals surface area contributed by atoms with Crippen LogP contribution < -0.4 is 5.32 Å². The Morgan fingerprint density at radius 2 is 2.38 bits per heavy atom. The molecule has 1 amide bonds. The number of carbonyl (C=O) groups excluding carboxylic acids is 1. The summed E-state index contributed by atoms with van der Waals surface area (Å²) >= 11 is 0. The van der Waals surface area contributed by atoms with Crippen LogP contribution in [0.5, 0.6) is 0 Å². The number of aryl methyl sites for hydroxylation is 3. The van der Waals surface area contributed by atoms with Gasteiger partial charge in [0, 0.05) is 37.8 Å². The Bertz CT molecular complexity index is 573. The maximum absolute atomic E-state index is 12.0. The molecule has 6 nitrogen and oxygen atoms in total. The Labute approximate surface area is 123 Å². The second kappa shape index (κ2) is 6.47. The number of nitrogens with one attached hydrogen (secondary N) is 1. The van der Waals surface area contributed by atoms with E-state index < -0.39 is 0 Å². The minimum atomic E-state index is 0.113. The summed E-state index contributed by atoms with van der Waals surface area (Å²) in [6.45, 7) is 0.871. The molecule has 0 saturated carbocycles. The van der Waals surface area contributed by atoms with E-state index in [1.165, 1.54) is 0 Å². The first-order chi connectivity index (χ1) is 10.3. The molecule has 21 heavy (non-hydrogen) atoms. The Kier molecular flexibility index (Phi) is 4.23. The zero-order chi connectivity index (χ0) is 14.5. The smallest absolute Gasteiger partial charge is 0.220 e. The van der Waals surface area contributed by atoms with Gasteiger partial charge in [-0.15, -0.1) is 10.2 Å². The lowest BCUT2D eigenvalue weighted by atomic mass is 10.1. The Balaban J connectivity index is 1.46. The summed E-state index contributed by atoms with van der Waals surface area (Å²) in [5.41, 5.74) is 1.10. The van der Waals surface area contributed by atoms with Crippen LogP contribution in [-0.4, -0.2) is 31.7 Å². The average Bonchev–Trinajstić information content (AvgIpc) is 2.88. The fourth-order valence-corrected chi connectivity index (χ4v) is 2.65. The third-order valence-electron chi connectivity index (χ3n) is 3.86. The SMILES string of the molecule is O=C(CCc1cccnc1)NC1CCc2nncn2CC1. The molecular weight excluding hydrogens is 266 g/mol. The van der Waals surface area contributed by atoms with Crippen LogP contribution in [0, 0.1) is 0 Å². The first-order valence-electron chi connectivity index (χ1n) is 7.36. The van der Waals surface area contributed by atoms with Crippen LogP contribution >= 0.6 is 0 Å². The number of aromatic nitrogens is 4. The lowest BCUT2D eigenvalue weighted by molar-refractivity contribution is -0.121. The number of hydrogen-bond donors (Lipinski definition) is 1. The summed E-state index contributed by atoms with van der Waals surface area (Å²) < 4.78 is 2.07. The third kappa shape index (κ3) is 3.65. The largest absolute Gasteiger partial charge is 0.353 e. The maximum atomic E-state index is 12.0. The van der Waals surface area contributed by atoms with Crippen molar-refractivity contribution in [3.8, 4) is 0 Å². The number of pyridine rings is 1. The Morgan fingerprint density at radius 3 is 3.24 bits per heavy atom. The molecule has 0 saturated heterocycles. The van der Waals surface area contributed by atoms with Gasteiger partial charge in [-0.3, -0.25) is 9.78 Å². The van der Waals surface area contributed by atoms with Crippen LogP contribution in [0.3, 0.4) is 0 Å². The zero-order valence-corrected chi connectivity index (χ0v) is 11.9. The molecule has 2 aromatic rings. The molecule has 3 heterocycles. The van der Waals surface area contributed by atoms with Gasteiger partial charge in [-0.05, 0) is 30.9 Å². The predicted molar refractivity (Wildman–Crippen MR) is 77.4 cm³/mol. The first-order valence-corrected chi connectivity index (χ1v) is 7.36. The van der Waals surface area contributed by atoms with Gasteiger partial charge in [-0.1, -0.05) is 6.07 Å². The van der Waals surface area contributed by atoms with Crippen LogP contribution in [0.2, 0.25) is 0 Å². The van der Waals surface area contributed by atoms with Crippen molar-refractivity contribution in [3.05, 3.63) is 42.2 Å². The van der Waals surface area contributed by atoms with Gasteiger partial charge >= 0.3 is 0 Å². The summed E-state index contributed by atoms with van der Waals surface area (Å²) in [6.07, 6.45) is 9.29. The van der Waals surface area contributed by atoms with Gasteiger partial charge in [0.05, 0.1) is 0 Å². The number of nitrogens with zero attached hydrogens (tertiary/aromatic N) is 4. The summed E-state index contributed by atoms with van der Waals surface area (Å²) in [6, 6.07) is 4.12. The second-order valence-corrected chi connectivity index (χ2v) is 5.39. The first kappa shape index (κ1) is 13.7. The molecule has 0 spiro atoms. The van der Waals surface area contributed by atoms with E-state index in [0.717, 1.165) is 43.6 Å². The summed E-state index contributed by atoms with van der Waals surface area (Å²) in [5, 5.41) is 11.1. The molecule has 1 aliphatic heterocycles. The van der Waals surface area contributed by atoms with Crippen LogP contribution in [-0.2, 0) is 24.2 Å². The lowest BCUT2D eigenvalue weighted by Crippen LogP contribution is -2.35. The fraction of sp³-hybridized carbons (Fsp3) is 0.467.